The lowest BCUT2D eigenvalue weighted by Crippen LogP contribution is -2.37. The molecule has 0 aromatic heterocycles. The van der Waals surface area contributed by atoms with E-state index in [-0.39, 0.29) is 18.4 Å². The molecule has 0 spiro atoms. The second-order valence-corrected chi connectivity index (χ2v) is 7.00. The van der Waals surface area contributed by atoms with Crippen molar-refractivity contribution < 1.29 is 13.2 Å². The van der Waals surface area contributed by atoms with Crippen LogP contribution in [-0.2, 0) is 10.0 Å². The number of benzene rings is 1. The molecule has 1 aromatic rings. The van der Waals surface area contributed by atoms with E-state index in [0.717, 1.165) is 12.8 Å². The maximum atomic E-state index is 12.1. The van der Waals surface area contributed by atoms with E-state index < -0.39 is 10.0 Å². The number of anilines is 1. The zero-order valence-corrected chi connectivity index (χ0v) is 13.2. The first-order valence-electron chi connectivity index (χ1n) is 6.81. The SMILES string of the molecule is CCCC(C)N(C)S(=O)(=O)CCOc1ccccc1N. The van der Waals surface area contributed by atoms with Gasteiger partial charge in [-0.05, 0) is 25.5 Å². The van der Waals surface area contributed by atoms with Crippen LogP contribution in [0.5, 0.6) is 5.75 Å². The maximum absolute atomic E-state index is 12.1. The van der Waals surface area contributed by atoms with Crippen molar-refractivity contribution in [3.8, 4) is 5.75 Å². The van der Waals surface area contributed by atoms with E-state index >= 15 is 0 Å². The van der Waals surface area contributed by atoms with E-state index in [2.05, 4.69) is 0 Å². The second kappa shape index (κ2) is 7.50. The smallest absolute Gasteiger partial charge is 0.217 e. The molecule has 0 saturated heterocycles. The van der Waals surface area contributed by atoms with Gasteiger partial charge in [0.05, 0.1) is 11.4 Å². The second-order valence-electron chi connectivity index (χ2n) is 4.86. The standard InChI is InChI=1S/C14H24N2O3S/c1-4-7-12(2)16(3)20(17,18)11-10-19-14-9-6-5-8-13(14)15/h5-6,8-9,12H,4,7,10-11,15H2,1-3H3. The summed E-state index contributed by atoms with van der Waals surface area (Å²) < 4.78 is 31.1. The Bertz CT molecular complexity index is 517. The molecule has 0 fully saturated rings. The summed E-state index contributed by atoms with van der Waals surface area (Å²) in [6.07, 6.45) is 1.81. The molecule has 0 radical (unpaired) electrons. The minimum Gasteiger partial charge on any atom is -0.490 e. The first kappa shape index (κ1) is 16.8. The molecule has 1 aromatic carbocycles. The molecule has 20 heavy (non-hydrogen) atoms. The molecule has 0 aliphatic rings. The van der Waals surface area contributed by atoms with Crippen molar-refractivity contribution in [2.24, 2.45) is 0 Å². The van der Waals surface area contributed by atoms with Gasteiger partial charge in [0.15, 0.2) is 0 Å². The molecule has 5 nitrogen and oxygen atoms in total. The molecule has 2 N–H and O–H groups in total. The fourth-order valence-electron chi connectivity index (χ4n) is 1.89. The predicted molar refractivity (Wildman–Crippen MR) is 82.3 cm³/mol. The van der Waals surface area contributed by atoms with Crippen LogP contribution < -0.4 is 10.5 Å². The van der Waals surface area contributed by atoms with Crippen LogP contribution in [0.15, 0.2) is 24.3 Å². The summed E-state index contributed by atoms with van der Waals surface area (Å²) in [5.41, 5.74) is 6.24. The highest BCUT2D eigenvalue weighted by Crippen LogP contribution is 2.19. The van der Waals surface area contributed by atoms with Crippen molar-refractivity contribution in [3.63, 3.8) is 0 Å². The lowest BCUT2D eigenvalue weighted by molar-refractivity contribution is 0.329. The summed E-state index contributed by atoms with van der Waals surface area (Å²) in [6, 6.07) is 7.06. The van der Waals surface area contributed by atoms with E-state index in [1.807, 2.05) is 13.8 Å². The summed E-state index contributed by atoms with van der Waals surface area (Å²) in [5, 5.41) is 0. The third-order valence-corrected chi connectivity index (χ3v) is 5.20. The zero-order chi connectivity index (χ0) is 15.2. The van der Waals surface area contributed by atoms with E-state index in [1.165, 1.54) is 4.31 Å². The molecule has 0 heterocycles. The van der Waals surface area contributed by atoms with Gasteiger partial charge < -0.3 is 10.5 Å². The van der Waals surface area contributed by atoms with E-state index in [0.29, 0.717) is 11.4 Å². The van der Waals surface area contributed by atoms with Crippen LogP contribution in [0.3, 0.4) is 0 Å². The Kier molecular flexibility index (Phi) is 6.29. The van der Waals surface area contributed by atoms with Gasteiger partial charge in [-0.1, -0.05) is 25.5 Å². The van der Waals surface area contributed by atoms with Crippen LogP contribution in [-0.4, -0.2) is 38.2 Å². The Balaban J connectivity index is 2.54. The number of nitrogens with zero attached hydrogens (tertiary/aromatic N) is 1. The normalized spacial score (nSPS) is 13.4. The summed E-state index contributed by atoms with van der Waals surface area (Å²) in [7, 11) is -1.68. The fourth-order valence-corrected chi connectivity index (χ4v) is 3.12. The number of hydrogen-bond acceptors (Lipinski definition) is 4. The molecule has 0 saturated carbocycles. The van der Waals surface area contributed by atoms with Crippen LogP contribution in [0, 0.1) is 0 Å². The Morgan fingerprint density at radius 1 is 1.35 bits per heavy atom. The molecule has 0 amide bonds. The number of nitrogen functional groups attached to an aromatic ring is 1. The number of ether oxygens (including phenoxy) is 1. The van der Waals surface area contributed by atoms with Crippen LogP contribution >= 0.6 is 0 Å². The van der Waals surface area contributed by atoms with Gasteiger partial charge in [-0.15, -0.1) is 0 Å². The van der Waals surface area contributed by atoms with Crippen molar-refractivity contribution in [3.05, 3.63) is 24.3 Å². The average Bonchev–Trinajstić information content (AvgIpc) is 2.40. The van der Waals surface area contributed by atoms with Crippen LogP contribution in [0.25, 0.3) is 0 Å². The quantitative estimate of drug-likeness (QED) is 0.746. The zero-order valence-electron chi connectivity index (χ0n) is 12.4. The van der Waals surface area contributed by atoms with Crippen LogP contribution in [0.4, 0.5) is 5.69 Å². The van der Waals surface area contributed by atoms with Crippen molar-refractivity contribution >= 4 is 15.7 Å². The topological polar surface area (TPSA) is 72.6 Å². The van der Waals surface area contributed by atoms with Gasteiger partial charge in [-0.3, -0.25) is 0 Å². The van der Waals surface area contributed by atoms with Gasteiger partial charge in [0.25, 0.3) is 0 Å². The fraction of sp³-hybridized carbons (Fsp3) is 0.571. The molecule has 0 bridgehead atoms. The van der Waals surface area contributed by atoms with Gasteiger partial charge in [0.1, 0.15) is 12.4 Å². The lowest BCUT2D eigenvalue weighted by atomic mass is 10.2. The van der Waals surface area contributed by atoms with E-state index in [4.69, 9.17) is 10.5 Å². The summed E-state index contributed by atoms with van der Waals surface area (Å²) in [6.45, 7) is 4.05. The summed E-state index contributed by atoms with van der Waals surface area (Å²) in [4.78, 5) is 0. The first-order chi connectivity index (χ1) is 9.38. The average molecular weight is 300 g/mol. The van der Waals surface area contributed by atoms with Gasteiger partial charge in [-0.2, -0.15) is 0 Å². The number of nitrogens with two attached hydrogens (primary N) is 1. The summed E-state index contributed by atoms with van der Waals surface area (Å²) in [5.74, 6) is 0.471. The van der Waals surface area contributed by atoms with Crippen LogP contribution in [0.1, 0.15) is 26.7 Å². The number of sulfonamides is 1. The first-order valence-corrected chi connectivity index (χ1v) is 8.42. The highest BCUT2D eigenvalue weighted by Gasteiger charge is 2.22. The molecular formula is C14H24N2O3S. The number of hydrogen-bond donors (Lipinski definition) is 1. The minimum absolute atomic E-state index is 0.00629. The van der Waals surface area contributed by atoms with Gasteiger partial charge >= 0.3 is 0 Å². The largest absolute Gasteiger partial charge is 0.490 e. The lowest BCUT2D eigenvalue weighted by Gasteiger charge is -2.24. The number of rotatable bonds is 8. The van der Waals surface area contributed by atoms with E-state index in [1.54, 1.807) is 31.3 Å². The molecule has 114 valence electrons. The molecule has 0 aliphatic heterocycles. The molecule has 0 aliphatic carbocycles. The molecule has 1 unspecified atom stereocenters. The Hall–Kier alpha value is -1.27. The van der Waals surface area contributed by atoms with Crippen LogP contribution in [0.2, 0.25) is 0 Å². The molecule has 1 atom stereocenters. The van der Waals surface area contributed by atoms with E-state index in [9.17, 15) is 8.42 Å². The van der Waals surface area contributed by atoms with Gasteiger partial charge in [-0.25, -0.2) is 12.7 Å². The van der Waals surface area contributed by atoms with Gasteiger partial charge in [0.2, 0.25) is 10.0 Å². The molecule has 1 rings (SSSR count). The van der Waals surface area contributed by atoms with Crippen molar-refractivity contribution in [2.75, 3.05) is 25.1 Å². The highest BCUT2D eigenvalue weighted by molar-refractivity contribution is 7.89. The predicted octanol–water partition coefficient (Wildman–Crippen LogP) is 2.10. The Morgan fingerprint density at radius 2 is 2.00 bits per heavy atom. The molecule has 6 heteroatoms. The number of para-hydroxylation sites is 2. The highest BCUT2D eigenvalue weighted by atomic mass is 32.2. The molecular weight excluding hydrogens is 276 g/mol. The van der Waals surface area contributed by atoms with Gasteiger partial charge in [0, 0.05) is 13.1 Å². The monoisotopic (exact) mass is 300 g/mol. The van der Waals surface area contributed by atoms with Crippen molar-refractivity contribution in [1.82, 2.24) is 4.31 Å². The third kappa shape index (κ3) is 4.68. The van der Waals surface area contributed by atoms with Crippen molar-refractivity contribution in [2.45, 2.75) is 32.7 Å². The maximum Gasteiger partial charge on any atom is 0.217 e. The van der Waals surface area contributed by atoms with Crippen molar-refractivity contribution in [1.29, 1.82) is 0 Å². The summed E-state index contributed by atoms with van der Waals surface area (Å²) >= 11 is 0. The third-order valence-electron chi connectivity index (χ3n) is 3.28. The Labute approximate surface area is 121 Å². The Morgan fingerprint density at radius 3 is 2.60 bits per heavy atom. The minimum atomic E-state index is -3.30.